The molecule has 0 aromatic heterocycles. The molecule has 0 amide bonds. The van der Waals surface area contributed by atoms with E-state index < -0.39 is 0 Å². The van der Waals surface area contributed by atoms with Crippen LogP contribution in [0.4, 0.5) is 0 Å². The Morgan fingerprint density at radius 1 is 0.488 bits per heavy atom. The van der Waals surface area contributed by atoms with Gasteiger partial charge in [0.25, 0.3) is 0 Å². The minimum Gasteiger partial charge on any atom is -0.497 e. The highest BCUT2D eigenvalue weighted by atomic mass is 16.5. The minimum absolute atomic E-state index is 0.0803. The lowest BCUT2D eigenvalue weighted by atomic mass is 10.0. The molecule has 0 aliphatic rings. The van der Waals surface area contributed by atoms with Crippen LogP contribution in [0, 0.1) is 6.92 Å². The lowest BCUT2D eigenvalue weighted by Gasteiger charge is -2.22. The van der Waals surface area contributed by atoms with Gasteiger partial charge in [-0.15, -0.1) is 0 Å². The van der Waals surface area contributed by atoms with Crippen LogP contribution in [-0.2, 0) is 45.9 Å². The van der Waals surface area contributed by atoms with Gasteiger partial charge in [-0.25, -0.2) is 0 Å². The second kappa shape index (κ2) is 14.9. The smallest absolute Gasteiger partial charge is 0.118 e. The number of methoxy groups -OCH3 is 1. The summed E-state index contributed by atoms with van der Waals surface area (Å²) in [6.45, 7) is 7.50. The predicted octanol–water partition coefficient (Wildman–Crippen LogP) is 6.39. The molecular weight excluding hydrogens is 506 g/mol. The third kappa shape index (κ3) is 9.83. The second-order valence-corrected chi connectivity index (χ2v) is 11.5. The zero-order valence-electron chi connectivity index (χ0n) is 25.3. The van der Waals surface area contributed by atoms with Crippen LogP contribution in [0.1, 0.15) is 44.5 Å². The third-order valence-electron chi connectivity index (χ3n) is 7.31. The van der Waals surface area contributed by atoms with Crippen LogP contribution in [0.2, 0.25) is 0 Å². The highest BCUT2D eigenvalue weighted by Crippen LogP contribution is 2.19. The lowest BCUT2D eigenvalue weighted by Crippen LogP contribution is -2.21. The molecule has 0 spiro atoms. The first kappa shape index (κ1) is 30.5. The van der Waals surface area contributed by atoms with Crippen LogP contribution < -0.4 is 4.74 Å². The molecule has 4 rings (SSSR count). The Balaban J connectivity index is 1.47. The molecule has 0 heterocycles. The molecule has 0 aliphatic heterocycles. The summed E-state index contributed by atoms with van der Waals surface area (Å²) in [6, 6.07) is 32.5. The van der Waals surface area contributed by atoms with Crippen molar-refractivity contribution in [2.45, 2.75) is 52.8 Å². The van der Waals surface area contributed by atoms with Gasteiger partial charge in [0.2, 0.25) is 0 Å². The van der Waals surface area contributed by atoms with Gasteiger partial charge in [0.15, 0.2) is 0 Å². The van der Waals surface area contributed by atoms with Crippen molar-refractivity contribution < 1.29 is 9.84 Å². The van der Waals surface area contributed by atoms with Gasteiger partial charge in [-0.2, -0.15) is 0 Å². The van der Waals surface area contributed by atoms with Crippen molar-refractivity contribution in [3.8, 4) is 5.75 Å². The molecule has 0 radical (unpaired) electrons. The normalized spacial score (nSPS) is 11.5. The number of aliphatic hydroxyl groups is 1. The quantitative estimate of drug-likeness (QED) is 0.197. The van der Waals surface area contributed by atoms with E-state index in [1.54, 1.807) is 7.11 Å². The molecule has 5 nitrogen and oxygen atoms in total. The molecule has 0 bridgehead atoms. The van der Waals surface area contributed by atoms with Gasteiger partial charge in [0, 0.05) is 39.3 Å². The van der Waals surface area contributed by atoms with Gasteiger partial charge < -0.3 is 9.84 Å². The van der Waals surface area contributed by atoms with Crippen LogP contribution in [0.3, 0.4) is 0 Å². The predicted molar refractivity (Wildman–Crippen MR) is 168 cm³/mol. The van der Waals surface area contributed by atoms with Crippen LogP contribution in [0.25, 0.3) is 0 Å². The molecule has 1 N–H and O–H groups in total. The highest BCUT2D eigenvalue weighted by Gasteiger charge is 2.10. The van der Waals surface area contributed by atoms with Gasteiger partial charge in [-0.1, -0.05) is 84.4 Å². The number of rotatable bonds is 14. The molecule has 0 unspecified atom stereocenters. The number of benzene rings is 4. The van der Waals surface area contributed by atoms with Gasteiger partial charge in [0.05, 0.1) is 13.7 Å². The number of hydrogen-bond acceptors (Lipinski definition) is 5. The fourth-order valence-corrected chi connectivity index (χ4v) is 5.33. The molecule has 41 heavy (non-hydrogen) atoms. The Morgan fingerprint density at radius 3 is 1.17 bits per heavy atom. The summed E-state index contributed by atoms with van der Waals surface area (Å²) in [5, 5.41) is 9.36. The Morgan fingerprint density at radius 2 is 0.805 bits per heavy atom. The van der Waals surface area contributed by atoms with E-state index >= 15 is 0 Å². The maximum Gasteiger partial charge on any atom is 0.118 e. The van der Waals surface area contributed by atoms with Crippen LogP contribution in [0.15, 0.2) is 91.0 Å². The summed E-state index contributed by atoms with van der Waals surface area (Å²) in [7, 11) is 8.26. The van der Waals surface area contributed by atoms with Crippen LogP contribution in [-0.4, -0.2) is 48.1 Å². The number of hydrogen-bond donors (Lipinski definition) is 1. The van der Waals surface area contributed by atoms with Crippen molar-refractivity contribution in [3.05, 3.63) is 136 Å². The zero-order chi connectivity index (χ0) is 29.2. The van der Waals surface area contributed by atoms with Crippen molar-refractivity contribution >= 4 is 0 Å². The summed E-state index contributed by atoms with van der Waals surface area (Å²) in [5.41, 5.74) is 10.1. The molecule has 0 fully saturated rings. The second-order valence-electron chi connectivity index (χ2n) is 11.5. The largest absolute Gasteiger partial charge is 0.497 e. The summed E-state index contributed by atoms with van der Waals surface area (Å²) in [4.78, 5) is 7.11. The van der Waals surface area contributed by atoms with Gasteiger partial charge in [-0.05, 0) is 79.1 Å². The Labute approximate surface area is 246 Å². The van der Waals surface area contributed by atoms with E-state index in [9.17, 15) is 5.11 Å². The first-order chi connectivity index (χ1) is 19.8. The van der Waals surface area contributed by atoms with Crippen LogP contribution >= 0.6 is 0 Å². The van der Waals surface area contributed by atoms with E-state index in [0.717, 1.165) is 50.6 Å². The minimum atomic E-state index is 0.0803. The van der Waals surface area contributed by atoms with Crippen molar-refractivity contribution in [1.29, 1.82) is 0 Å². The number of ether oxygens (including phenoxy) is 1. The molecule has 216 valence electrons. The van der Waals surface area contributed by atoms with Gasteiger partial charge in [-0.3, -0.25) is 14.7 Å². The fraction of sp³-hybridized carbons (Fsp3) is 0.333. The molecule has 4 aromatic carbocycles. The molecular formula is C36H45N3O2. The van der Waals surface area contributed by atoms with Crippen molar-refractivity contribution in [2.75, 3.05) is 28.3 Å². The van der Waals surface area contributed by atoms with E-state index in [0.29, 0.717) is 0 Å². The van der Waals surface area contributed by atoms with Crippen molar-refractivity contribution in [1.82, 2.24) is 14.7 Å². The SMILES string of the molecule is COc1ccc(CN(C)Cc2cc(CN(C)Cc3ccc(C)cc3)cc(CN(C)Cc3ccc(CO)cc3)c2)cc1. The van der Waals surface area contributed by atoms with Gasteiger partial charge in [0.1, 0.15) is 5.75 Å². The molecule has 0 saturated carbocycles. The summed E-state index contributed by atoms with van der Waals surface area (Å²) >= 11 is 0. The molecule has 0 atom stereocenters. The Hall–Kier alpha value is -3.48. The summed E-state index contributed by atoms with van der Waals surface area (Å²) in [5.74, 6) is 0.886. The topological polar surface area (TPSA) is 39.2 Å². The number of aliphatic hydroxyl groups excluding tert-OH is 1. The third-order valence-corrected chi connectivity index (χ3v) is 7.31. The maximum absolute atomic E-state index is 9.36. The van der Waals surface area contributed by atoms with Crippen LogP contribution in [0.5, 0.6) is 5.75 Å². The molecule has 5 heteroatoms. The number of aryl methyl sites for hydroxylation is 1. The Kier molecular flexibility index (Phi) is 11.1. The fourth-order valence-electron chi connectivity index (χ4n) is 5.33. The average Bonchev–Trinajstić information content (AvgIpc) is 2.95. The monoisotopic (exact) mass is 551 g/mol. The zero-order valence-corrected chi connectivity index (χ0v) is 25.3. The lowest BCUT2D eigenvalue weighted by molar-refractivity contribution is 0.281. The molecule has 0 saturated heterocycles. The van der Waals surface area contributed by atoms with E-state index in [1.807, 2.05) is 24.3 Å². The average molecular weight is 552 g/mol. The van der Waals surface area contributed by atoms with E-state index in [-0.39, 0.29) is 6.61 Å². The number of nitrogens with zero attached hydrogens (tertiary/aromatic N) is 3. The van der Waals surface area contributed by atoms with E-state index in [2.05, 4.69) is 109 Å². The van der Waals surface area contributed by atoms with Gasteiger partial charge >= 0.3 is 0 Å². The van der Waals surface area contributed by atoms with E-state index in [1.165, 1.54) is 38.9 Å². The van der Waals surface area contributed by atoms with E-state index in [4.69, 9.17) is 4.74 Å². The Bertz CT molecular complexity index is 1280. The van der Waals surface area contributed by atoms with Crippen molar-refractivity contribution in [3.63, 3.8) is 0 Å². The maximum atomic E-state index is 9.36. The molecule has 4 aromatic rings. The first-order valence-electron chi connectivity index (χ1n) is 14.3. The summed E-state index contributed by atoms with van der Waals surface area (Å²) in [6.07, 6.45) is 0. The first-order valence-corrected chi connectivity index (χ1v) is 14.3. The standard InChI is InChI=1S/C36H45N3O2/c1-28-6-8-29(9-7-28)21-37(2)24-33-18-34(25-38(3)22-30-10-12-32(27-40)13-11-30)20-35(19-33)26-39(4)23-31-14-16-36(41-5)17-15-31/h6-20,40H,21-27H2,1-5H3. The van der Waals surface area contributed by atoms with Crippen molar-refractivity contribution in [2.24, 2.45) is 0 Å². The molecule has 0 aliphatic carbocycles. The summed E-state index contributed by atoms with van der Waals surface area (Å²) < 4.78 is 5.32. The highest BCUT2D eigenvalue weighted by molar-refractivity contribution is 5.32.